The summed E-state index contributed by atoms with van der Waals surface area (Å²) < 4.78 is 0. The number of nitrogens with zero attached hydrogens (tertiary/aromatic N) is 1. The van der Waals surface area contributed by atoms with E-state index in [2.05, 4.69) is 82.4 Å². The van der Waals surface area contributed by atoms with Crippen molar-refractivity contribution in [3.63, 3.8) is 0 Å². The fourth-order valence-corrected chi connectivity index (χ4v) is 5.04. The maximum Gasteiger partial charge on any atom is 0.0491 e. The molecule has 1 aromatic rings. The predicted molar refractivity (Wildman–Crippen MR) is 144 cm³/mol. The second-order valence-corrected chi connectivity index (χ2v) is 10.4. The highest BCUT2D eigenvalue weighted by Gasteiger charge is 2.38. The summed E-state index contributed by atoms with van der Waals surface area (Å²) in [6.07, 6.45) is 10.5. The van der Waals surface area contributed by atoms with Crippen LogP contribution in [0.2, 0.25) is 0 Å². The van der Waals surface area contributed by atoms with Gasteiger partial charge in [-0.3, -0.25) is 0 Å². The SMILES string of the molecule is C=C1C=C2c3cc(CC)c(/C(=C/NC)C(C)=N)cc3CC(C(C)(C)C)N2C=C1C(=C)CCC. The molecule has 0 saturated carbocycles. The third-order valence-corrected chi connectivity index (χ3v) is 6.85. The maximum atomic E-state index is 8.36. The Bertz CT molecular complexity index is 1070. The Morgan fingerprint density at radius 3 is 2.52 bits per heavy atom. The second-order valence-electron chi connectivity index (χ2n) is 10.4. The van der Waals surface area contributed by atoms with Gasteiger partial charge in [-0.2, -0.15) is 0 Å². The predicted octanol–water partition coefficient (Wildman–Crippen LogP) is 7.27. The molecule has 0 aliphatic carbocycles. The number of hydrogen-bond acceptors (Lipinski definition) is 3. The number of fused-ring (bicyclic) bond motifs is 3. The van der Waals surface area contributed by atoms with Gasteiger partial charge in [-0.25, -0.2) is 0 Å². The molecule has 1 unspecified atom stereocenters. The van der Waals surface area contributed by atoms with E-state index in [1.165, 1.54) is 39.1 Å². The lowest BCUT2D eigenvalue weighted by Gasteiger charge is -2.47. The van der Waals surface area contributed by atoms with Gasteiger partial charge in [-0.1, -0.05) is 60.3 Å². The molecule has 3 heteroatoms. The first-order valence-corrected chi connectivity index (χ1v) is 12.2. The van der Waals surface area contributed by atoms with Crippen molar-refractivity contribution in [2.45, 2.75) is 73.3 Å². The number of aryl methyl sites for hydroxylation is 1. The van der Waals surface area contributed by atoms with Crippen LogP contribution in [0.25, 0.3) is 11.3 Å². The van der Waals surface area contributed by atoms with E-state index in [9.17, 15) is 0 Å². The first-order chi connectivity index (χ1) is 15.5. The second kappa shape index (κ2) is 9.59. The van der Waals surface area contributed by atoms with Gasteiger partial charge < -0.3 is 15.6 Å². The Morgan fingerprint density at radius 2 is 1.97 bits per heavy atom. The van der Waals surface area contributed by atoms with Crippen molar-refractivity contribution < 1.29 is 0 Å². The number of benzene rings is 1. The Labute approximate surface area is 201 Å². The molecule has 0 bridgehead atoms. The van der Waals surface area contributed by atoms with Crippen LogP contribution in [0.1, 0.15) is 76.6 Å². The zero-order chi connectivity index (χ0) is 24.5. The van der Waals surface area contributed by atoms with Crippen LogP contribution in [0.15, 0.2) is 60.5 Å². The van der Waals surface area contributed by atoms with Gasteiger partial charge in [-0.05, 0) is 77.2 Å². The molecule has 0 aromatic heterocycles. The molecule has 2 N–H and O–H groups in total. The molecule has 0 fully saturated rings. The van der Waals surface area contributed by atoms with Crippen molar-refractivity contribution in [1.29, 1.82) is 5.41 Å². The van der Waals surface area contributed by atoms with Crippen LogP contribution in [0, 0.1) is 10.8 Å². The van der Waals surface area contributed by atoms with Crippen molar-refractivity contribution in [1.82, 2.24) is 10.2 Å². The molecule has 2 aliphatic rings. The summed E-state index contributed by atoms with van der Waals surface area (Å²) in [5, 5.41) is 11.5. The average molecular weight is 444 g/mol. The van der Waals surface area contributed by atoms with Gasteiger partial charge in [-0.15, -0.1) is 0 Å². The third-order valence-electron chi connectivity index (χ3n) is 6.85. The van der Waals surface area contributed by atoms with E-state index < -0.39 is 0 Å². The van der Waals surface area contributed by atoms with Crippen LogP contribution in [0.4, 0.5) is 0 Å². The Balaban J connectivity index is 2.22. The highest BCUT2D eigenvalue weighted by Crippen LogP contribution is 2.45. The third kappa shape index (κ3) is 4.78. The zero-order valence-electron chi connectivity index (χ0n) is 21.7. The van der Waals surface area contributed by atoms with Crippen molar-refractivity contribution in [3.8, 4) is 0 Å². The normalized spacial score (nSPS) is 18.3. The van der Waals surface area contributed by atoms with Crippen molar-refractivity contribution >= 4 is 17.0 Å². The van der Waals surface area contributed by atoms with E-state index >= 15 is 0 Å². The number of hydrogen-bond donors (Lipinski definition) is 2. The topological polar surface area (TPSA) is 39.1 Å². The van der Waals surface area contributed by atoms with E-state index in [0.29, 0.717) is 11.8 Å². The summed E-state index contributed by atoms with van der Waals surface area (Å²) in [6, 6.07) is 5.01. The van der Waals surface area contributed by atoms with Gasteiger partial charge in [0, 0.05) is 48.0 Å². The minimum Gasteiger partial charge on any atom is -0.393 e. The molecule has 2 aliphatic heterocycles. The Kier molecular flexibility index (Phi) is 7.21. The molecule has 3 rings (SSSR count). The maximum absolute atomic E-state index is 8.36. The molecular weight excluding hydrogens is 402 g/mol. The molecule has 3 nitrogen and oxygen atoms in total. The van der Waals surface area contributed by atoms with Crippen LogP contribution in [0.3, 0.4) is 0 Å². The molecule has 0 amide bonds. The highest BCUT2D eigenvalue weighted by atomic mass is 15.2. The van der Waals surface area contributed by atoms with Gasteiger partial charge in [0.05, 0.1) is 0 Å². The molecule has 1 aromatic carbocycles. The van der Waals surface area contributed by atoms with E-state index in [4.69, 9.17) is 5.41 Å². The fraction of sp³-hybridized carbons (Fsp3) is 0.433. The van der Waals surface area contributed by atoms with Gasteiger partial charge in [0.1, 0.15) is 0 Å². The number of rotatable bonds is 7. The molecule has 1 atom stereocenters. The molecule has 176 valence electrons. The van der Waals surface area contributed by atoms with E-state index in [1.54, 1.807) is 0 Å². The van der Waals surface area contributed by atoms with E-state index in [-0.39, 0.29) is 5.41 Å². The zero-order valence-corrected chi connectivity index (χ0v) is 21.7. The van der Waals surface area contributed by atoms with Gasteiger partial charge in [0.25, 0.3) is 0 Å². The summed E-state index contributed by atoms with van der Waals surface area (Å²) >= 11 is 0. The van der Waals surface area contributed by atoms with Gasteiger partial charge >= 0.3 is 0 Å². The lowest BCUT2D eigenvalue weighted by molar-refractivity contribution is 0.189. The molecular formula is C30H41N3. The lowest BCUT2D eigenvalue weighted by atomic mass is 9.75. The van der Waals surface area contributed by atoms with E-state index in [0.717, 1.165) is 36.8 Å². The summed E-state index contributed by atoms with van der Waals surface area (Å²) in [4.78, 5) is 2.48. The minimum atomic E-state index is 0.0911. The minimum absolute atomic E-state index is 0.0911. The van der Waals surface area contributed by atoms with Crippen LogP contribution < -0.4 is 5.32 Å². The van der Waals surface area contributed by atoms with Crippen LogP contribution in [-0.2, 0) is 12.8 Å². The lowest BCUT2D eigenvalue weighted by Crippen LogP contribution is -2.45. The summed E-state index contributed by atoms with van der Waals surface area (Å²) in [5.41, 5.74) is 11.4. The Hall–Kier alpha value is -2.81. The van der Waals surface area contributed by atoms with Gasteiger partial charge in [0.2, 0.25) is 0 Å². The van der Waals surface area contributed by atoms with Crippen molar-refractivity contribution in [2.75, 3.05) is 7.05 Å². The fourth-order valence-electron chi connectivity index (χ4n) is 5.04. The Morgan fingerprint density at radius 1 is 1.27 bits per heavy atom. The monoisotopic (exact) mass is 443 g/mol. The average Bonchev–Trinajstić information content (AvgIpc) is 2.74. The molecule has 0 saturated heterocycles. The quantitative estimate of drug-likeness (QED) is 0.435. The number of allylic oxidation sites excluding steroid dienone is 5. The van der Waals surface area contributed by atoms with Crippen LogP contribution in [-0.4, -0.2) is 23.7 Å². The van der Waals surface area contributed by atoms with Crippen molar-refractivity contribution in [3.05, 3.63) is 82.7 Å². The number of nitrogens with one attached hydrogen (secondary N) is 2. The summed E-state index contributed by atoms with van der Waals surface area (Å²) in [6.45, 7) is 22.0. The molecule has 0 radical (unpaired) electrons. The highest BCUT2D eigenvalue weighted by molar-refractivity contribution is 6.21. The standard InChI is InChI=1S/C30H41N3/c1-10-12-19(3)27-18-33-28(13-20(27)4)25-14-22(11-2)24(26(17-32-9)21(5)31)15-23(25)16-29(33)30(6,7)8/h13-15,17-18,29,31-32H,3-4,10-12,16H2,1-2,5-9H3/b26-17+,31-21?. The first kappa shape index (κ1) is 24.8. The van der Waals surface area contributed by atoms with Crippen LogP contribution >= 0.6 is 0 Å². The van der Waals surface area contributed by atoms with Gasteiger partial charge in [0.15, 0.2) is 0 Å². The van der Waals surface area contributed by atoms with Crippen molar-refractivity contribution in [2.24, 2.45) is 5.41 Å². The molecule has 2 heterocycles. The largest absolute Gasteiger partial charge is 0.393 e. The molecule has 0 spiro atoms. The summed E-state index contributed by atoms with van der Waals surface area (Å²) in [5.74, 6) is 0. The van der Waals surface area contributed by atoms with Crippen LogP contribution in [0.5, 0.6) is 0 Å². The molecule has 33 heavy (non-hydrogen) atoms. The summed E-state index contributed by atoms with van der Waals surface area (Å²) in [7, 11) is 1.90. The van der Waals surface area contributed by atoms with E-state index in [1.807, 2.05) is 20.2 Å². The smallest absolute Gasteiger partial charge is 0.0491 e. The first-order valence-electron chi connectivity index (χ1n) is 12.2.